The van der Waals surface area contributed by atoms with E-state index in [-0.39, 0.29) is 11.7 Å². The predicted molar refractivity (Wildman–Crippen MR) is 96.8 cm³/mol. The maximum Gasteiger partial charge on any atom is 0.221 e. The largest absolute Gasteiger partial charge is 0.356 e. The maximum atomic E-state index is 12.8. The molecule has 0 saturated carbocycles. The Morgan fingerprint density at radius 3 is 2.80 bits per heavy atom. The third kappa shape index (κ3) is 4.66. The van der Waals surface area contributed by atoms with Crippen LogP contribution in [0.15, 0.2) is 48.7 Å². The van der Waals surface area contributed by atoms with Crippen molar-refractivity contribution in [2.24, 2.45) is 0 Å². The van der Waals surface area contributed by atoms with Crippen molar-refractivity contribution in [3.63, 3.8) is 0 Å². The Kier molecular flexibility index (Phi) is 5.43. The van der Waals surface area contributed by atoms with E-state index in [0.29, 0.717) is 19.5 Å². The number of amides is 1. The summed E-state index contributed by atoms with van der Waals surface area (Å²) in [7, 11) is 0. The molecule has 1 amide bonds. The molecule has 3 rings (SSSR count). The molecule has 0 saturated heterocycles. The summed E-state index contributed by atoms with van der Waals surface area (Å²) in [5.41, 5.74) is 3.33. The molecule has 0 atom stereocenters. The Bertz CT molecular complexity index is 855. The van der Waals surface area contributed by atoms with Crippen LogP contribution in [-0.2, 0) is 17.8 Å². The smallest absolute Gasteiger partial charge is 0.221 e. The number of aryl methyl sites for hydroxylation is 3. The molecule has 0 aliphatic carbocycles. The molecule has 3 aromatic rings. The van der Waals surface area contributed by atoms with Gasteiger partial charge in [-0.25, -0.2) is 4.39 Å². The SMILES string of the molecule is Cc1ccc2c(cnn2CCC(=O)NCCCc2ccc(F)cc2)c1. The van der Waals surface area contributed by atoms with Crippen LogP contribution in [0.3, 0.4) is 0 Å². The molecule has 0 radical (unpaired) electrons. The first-order valence-electron chi connectivity index (χ1n) is 8.55. The fraction of sp³-hybridized carbons (Fsp3) is 0.300. The minimum atomic E-state index is -0.224. The van der Waals surface area contributed by atoms with E-state index < -0.39 is 0 Å². The first kappa shape index (κ1) is 17.1. The van der Waals surface area contributed by atoms with Gasteiger partial charge in [-0.2, -0.15) is 5.10 Å². The summed E-state index contributed by atoms with van der Waals surface area (Å²) < 4.78 is 14.7. The van der Waals surface area contributed by atoms with E-state index in [1.807, 2.05) is 16.9 Å². The number of aromatic nitrogens is 2. The Morgan fingerprint density at radius 2 is 2.00 bits per heavy atom. The van der Waals surface area contributed by atoms with Crippen LogP contribution in [0.1, 0.15) is 24.0 Å². The Labute approximate surface area is 146 Å². The molecule has 4 nitrogen and oxygen atoms in total. The van der Waals surface area contributed by atoms with E-state index in [1.165, 1.54) is 17.7 Å². The van der Waals surface area contributed by atoms with Gasteiger partial charge in [0.2, 0.25) is 5.91 Å². The number of carbonyl (C=O) groups excluding carboxylic acids is 1. The van der Waals surface area contributed by atoms with Crippen molar-refractivity contribution in [1.29, 1.82) is 0 Å². The zero-order valence-electron chi connectivity index (χ0n) is 14.3. The van der Waals surface area contributed by atoms with Gasteiger partial charge < -0.3 is 5.32 Å². The molecule has 0 bridgehead atoms. The molecule has 1 heterocycles. The quantitative estimate of drug-likeness (QED) is 0.668. The number of halogens is 1. The molecule has 130 valence electrons. The van der Waals surface area contributed by atoms with Gasteiger partial charge in [0.1, 0.15) is 5.82 Å². The predicted octanol–water partition coefficient (Wildman–Crippen LogP) is 3.62. The van der Waals surface area contributed by atoms with E-state index in [1.54, 1.807) is 12.1 Å². The number of fused-ring (bicyclic) bond motifs is 1. The van der Waals surface area contributed by atoms with E-state index in [9.17, 15) is 9.18 Å². The second-order valence-corrected chi connectivity index (χ2v) is 6.26. The summed E-state index contributed by atoms with van der Waals surface area (Å²) in [6.45, 7) is 3.24. The second-order valence-electron chi connectivity index (χ2n) is 6.26. The van der Waals surface area contributed by atoms with E-state index in [2.05, 4.69) is 29.5 Å². The van der Waals surface area contributed by atoms with Gasteiger partial charge in [-0.05, 0) is 49.6 Å². The highest BCUT2D eigenvalue weighted by molar-refractivity contribution is 5.80. The lowest BCUT2D eigenvalue weighted by Crippen LogP contribution is -2.25. The summed E-state index contributed by atoms with van der Waals surface area (Å²) in [6, 6.07) is 12.7. The lowest BCUT2D eigenvalue weighted by Gasteiger charge is -2.07. The van der Waals surface area contributed by atoms with Crippen LogP contribution in [-0.4, -0.2) is 22.2 Å². The minimum Gasteiger partial charge on any atom is -0.356 e. The van der Waals surface area contributed by atoms with Gasteiger partial charge in [0.15, 0.2) is 0 Å². The third-order valence-electron chi connectivity index (χ3n) is 4.23. The first-order valence-corrected chi connectivity index (χ1v) is 8.55. The lowest BCUT2D eigenvalue weighted by atomic mass is 10.1. The molecule has 0 spiro atoms. The topological polar surface area (TPSA) is 46.9 Å². The molecule has 2 aromatic carbocycles. The Hall–Kier alpha value is -2.69. The fourth-order valence-corrected chi connectivity index (χ4v) is 2.85. The number of hydrogen-bond acceptors (Lipinski definition) is 2. The molecule has 1 aromatic heterocycles. The minimum absolute atomic E-state index is 0.0230. The van der Waals surface area contributed by atoms with Gasteiger partial charge in [-0.1, -0.05) is 23.8 Å². The number of nitrogens with zero attached hydrogens (tertiary/aromatic N) is 2. The van der Waals surface area contributed by atoms with Gasteiger partial charge in [-0.3, -0.25) is 9.48 Å². The monoisotopic (exact) mass is 339 g/mol. The number of rotatable bonds is 7. The molecule has 0 fully saturated rings. The van der Waals surface area contributed by atoms with Crippen LogP contribution in [0.4, 0.5) is 4.39 Å². The molecule has 5 heteroatoms. The van der Waals surface area contributed by atoms with Crippen LogP contribution >= 0.6 is 0 Å². The summed E-state index contributed by atoms with van der Waals surface area (Å²) in [5.74, 6) is -0.201. The molecule has 0 unspecified atom stereocenters. The number of hydrogen-bond donors (Lipinski definition) is 1. The molecule has 25 heavy (non-hydrogen) atoms. The fourth-order valence-electron chi connectivity index (χ4n) is 2.85. The highest BCUT2D eigenvalue weighted by Gasteiger charge is 2.06. The standard InChI is InChI=1S/C20H22FN3O/c1-15-4-9-19-17(13-15)14-23-24(19)12-10-20(25)22-11-2-3-16-5-7-18(21)8-6-16/h4-9,13-14H,2-3,10-12H2,1H3,(H,22,25). The molecular weight excluding hydrogens is 317 g/mol. The van der Waals surface area contributed by atoms with Crippen molar-refractivity contribution in [2.75, 3.05) is 6.54 Å². The van der Waals surface area contributed by atoms with Crippen molar-refractivity contribution in [3.8, 4) is 0 Å². The maximum absolute atomic E-state index is 12.8. The number of benzene rings is 2. The molecule has 1 N–H and O–H groups in total. The first-order chi connectivity index (χ1) is 12.1. The molecular formula is C20H22FN3O. The highest BCUT2D eigenvalue weighted by Crippen LogP contribution is 2.15. The zero-order valence-corrected chi connectivity index (χ0v) is 14.3. The summed E-state index contributed by atoms with van der Waals surface area (Å²) in [4.78, 5) is 12.0. The van der Waals surface area contributed by atoms with Crippen molar-refractivity contribution >= 4 is 16.8 Å². The van der Waals surface area contributed by atoms with Gasteiger partial charge >= 0.3 is 0 Å². The number of carbonyl (C=O) groups is 1. The van der Waals surface area contributed by atoms with Crippen molar-refractivity contribution in [1.82, 2.24) is 15.1 Å². The van der Waals surface area contributed by atoms with E-state index in [4.69, 9.17) is 0 Å². The van der Waals surface area contributed by atoms with Crippen molar-refractivity contribution < 1.29 is 9.18 Å². The third-order valence-corrected chi connectivity index (χ3v) is 4.23. The Morgan fingerprint density at radius 1 is 1.20 bits per heavy atom. The summed E-state index contributed by atoms with van der Waals surface area (Å²) in [6.07, 6.45) is 3.90. The number of nitrogens with one attached hydrogen (secondary N) is 1. The van der Waals surface area contributed by atoms with Crippen LogP contribution < -0.4 is 5.32 Å². The van der Waals surface area contributed by atoms with Crippen molar-refractivity contribution in [2.45, 2.75) is 32.7 Å². The van der Waals surface area contributed by atoms with Crippen LogP contribution in [0.25, 0.3) is 10.9 Å². The second kappa shape index (κ2) is 7.92. The van der Waals surface area contributed by atoms with Gasteiger partial charge in [-0.15, -0.1) is 0 Å². The van der Waals surface area contributed by atoms with Crippen LogP contribution in [0.2, 0.25) is 0 Å². The zero-order chi connectivity index (χ0) is 17.6. The van der Waals surface area contributed by atoms with Gasteiger partial charge in [0, 0.05) is 18.4 Å². The van der Waals surface area contributed by atoms with Gasteiger partial charge in [0.05, 0.1) is 18.3 Å². The van der Waals surface area contributed by atoms with Crippen LogP contribution in [0, 0.1) is 12.7 Å². The molecule has 0 aliphatic rings. The normalized spacial score (nSPS) is 11.0. The Balaban J connectivity index is 1.41. The summed E-state index contributed by atoms with van der Waals surface area (Å²) >= 11 is 0. The summed E-state index contributed by atoms with van der Waals surface area (Å²) in [5, 5.41) is 8.38. The average molecular weight is 339 g/mol. The van der Waals surface area contributed by atoms with Crippen molar-refractivity contribution in [3.05, 3.63) is 65.6 Å². The lowest BCUT2D eigenvalue weighted by molar-refractivity contribution is -0.121. The highest BCUT2D eigenvalue weighted by atomic mass is 19.1. The van der Waals surface area contributed by atoms with Crippen LogP contribution in [0.5, 0.6) is 0 Å². The van der Waals surface area contributed by atoms with E-state index in [0.717, 1.165) is 29.3 Å². The van der Waals surface area contributed by atoms with Gasteiger partial charge in [0.25, 0.3) is 0 Å². The molecule has 0 aliphatic heterocycles. The van der Waals surface area contributed by atoms with E-state index >= 15 is 0 Å². The average Bonchev–Trinajstić information content (AvgIpc) is 3.00.